The molecule has 0 saturated heterocycles. The van der Waals surface area contributed by atoms with E-state index in [4.69, 9.17) is 11.6 Å². The summed E-state index contributed by atoms with van der Waals surface area (Å²) in [5, 5.41) is -0.418. The van der Waals surface area contributed by atoms with Gasteiger partial charge in [-0.25, -0.2) is 0 Å². The normalized spacial score (nSPS) is 11.2. The van der Waals surface area contributed by atoms with E-state index >= 15 is 0 Å². The first-order valence-electron chi connectivity index (χ1n) is 4.61. The van der Waals surface area contributed by atoms with Gasteiger partial charge in [0, 0.05) is 6.54 Å². The smallest absolute Gasteiger partial charge is 0.311 e. The predicted molar refractivity (Wildman–Crippen MR) is 71.3 cm³/mol. The second kappa shape index (κ2) is 5.16. The van der Waals surface area contributed by atoms with Crippen LogP contribution in [-0.4, -0.2) is 13.8 Å². The van der Waals surface area contributed by atoms with Crippen molar-refractivity contribution >= 4 is 39.6 Å². The lowest BCUT2D eigenvalue weighted by Crippen LogP contribution is -2.39. The van der Waals surface area contributed by atoms with Crippen LogP contribution in [0.15, 0.2) is 30.3 Å². The van der Waals surface area contributed by atoms with Crippen molar-refractivity contribution in [2.75, 3.05) is 0 Å². The topological polar surface area (TPSA) is 20.3 Å². The van der Waals surface area contributed by atoms with Gasteiger partial charge in [-0.1, -0.05) is 52.9 Å². The number of hydrogen-bond acceptors (Lipinski definition) is 1. The highest BCUT2D eigenvalue weighted by atomic mass is 127. The zero-order valence-electron chi connectivity index (χ0n) is 8.71. The molecule has 1 aromatic rings. The fraction of sp³-hybridized carbons (Fsp3) is 0.364. The first-order valence-corrected chi connectivity index (χ1v) is 6.07. The summed E-state index contributed by atoms with van der Waals surface area (Å²) in [6, 6.07) is 9.81. The van der Waals surface area contributed by atoms with Crippen LogP contribution in [-0.2, 0) is 6.54 Å². The van der Waals surface area contributed by atoms with Crippen LogP contribution in [0.2, 0.25) is 0 Å². The molecule has 0 aliphatic heterocycles. The average Bonchev–Trinajstić information content (AvgIpc) is 2.13. The van der Waals surface area contributed by atoms with Crippen molar-refractivity contribution in [3.8, 4) is 0 Å². The van der Waals surface area contributed by atoms with Crippen molar-refractivity contribution in [1.29, 1.82) is 0 Å². The maximum absolute atomic E-state index is 11.3. The van der Waals surface area contributed by atoms with E-state index in [-0.39, 0.29) is 3.55 Å². The van der Waals surface area contributed by atoms with Gasteiger partial charge >= 0.3 is 5.37 Å². The highest BCUT2D eigenvalue weighted by Crippen LogP contribution is 2.26. The molecule has 2 nitrogen and oxygen atoms in total. The maximum atomic E-state index is 11.3. The van der Waals surface area contributed by atoms with Gasteiger partial charge in [-0.2, -0.15) is 0 Å². The average molecular weight is 338 g/mol. The van der Waals surface area contributed by atoms with Crippen LogP contribution in [0.1, 0.15) is 19.4 Å². The van der Waals surface area contributed by atoms with E-state index in [1.807, 2.05) is 44.2 Å². The van der Waals surface area contributed by atoms with Gasteiger partial charge in [0.25, 0.3) is 0 Å². The first-order chi connectivity index (χ1) is 6.91. The number of rotatable bonds is 3. The highest BCUT2D eigenvalue weighted by molar-refractivity contribution is 14.1. The van der Waals surface area contributed by atoms with Gasteiger partial charge in [-0.05, 0) is 31.0 Å². The predicted octanol–water partition coefficient (Wildman–Crippen LogP) is 4.02. The molecule has 1 rings (SSSR count). The Labute approximate surface area is 109 Å². The molecule has 0 aliphatic carbocycles. The number of alkyl halides is 1. The summed E-state index contributed by atoms with van der Waals surface area (Å²) in [6.07, 6.45) is 0. The molecule has 4 heteroatoms. The quantitative estimate of drug-likeness (QED) is 0.353. The molecule has 82 valence electrons. The molecule has 1 amide bonds. The van der Waals surface area contributed by atoms with Crippen molar-refractivity contribution in [2.45, 2.75) is 23.9 Å². The fourth-order valence-corrected chi connectivity index (χ4v) is 2.03. The molecular weight excluding hydrogens is 324 g/mol. The molecule has 0 saturated carbocycles. The van der Waals surface area contributed by atoms with E-state index in [1.54, 1.807) is 4.90 Å². The minimum Gasteiger partial charge on any atom is -0.311 e. The van der Waals surface area contributed by atoms with Crippen LogP contribution in [0.4, 0.5) is 4.79 Å². The van der Waals surface area contributed by atoms with Crippen LogP contribution in [0.5, 0.6) is 0 Å². The molecule has 0 atom stereocenters. The van der Waals surface area contributed by atoms with E-state index in [9.17, 15) is 4.79 Å². The van der Waals surface area contributed by atoms with Crippen LogP contribution in [0.3, 0.4) is 0 Å². The van der Waals surface area contributed by atoms with E-state index in [2.05, 4.69) is 22.6 Å². The lowest BCUT2D eigenvalue weighted by atomic mass is 10.2. The van der Waals surface area contributed by atoms with E-state index in [0.29, 0.717) is 6.54 Å². The van der Waals surface area contributed by atoms with E-state index in [1.165, 1.54) is 0 Å². The summed E-state index contributed by atoms with van der Waals surface area (Å²) in [4.78, 5) is 12.9. The fourth-order valence-electron chi connectivity index (χ4n) is 1.23. The number of carbonyl (C=O) groups is 1. The lowest BCUT2D eigenvalue weighted by molar-refractivity contribution is 0.199. The second-order valence-electron chi connectivity index (χ2n) is 3.73. The van der Waals surface area contributed by atoms with Crippen LogP contribution < -0.4 is 0 Å². The highest BCUT2D eigenvalue weighted by Gasteiger charge is 2.26. The monoisotopic (exact) mass is 337 g/mol. The van der Waals surface area contributed by atoms with Gasteiger partial charge in [0.15, 0.2) is 0 Å². The summed E-state index contributed by atoms with van der Waals surface area (Å²) in [5.74, 6) is 0. The first kappa shape index (κ1) is 12.8. The largest absolute Gasteiger partial charge is 0.317 e. The van der Waals surface area contributed by atoms with Crippen LogP contribution in [0.25, 0.3) is 0 Å². The molecule has 0 unspecified atom stereocenters. The Hall–Kier alpha value is -0.290. The molecular formula is C11H13ClINO. The van der Waals surface area contributed by atoms with Gasteiger partial charge in [0.05, 0.1) is 3.55 Å². The van der Waals surface area contributed by atoms with Crippen molar-refractivity contribution in [2.24, 2.45) is 0 Å². The maximum Gasteiger partial charge on any atom is 0.317 e. The standard InChI is InChI=1S/C11H13ClINO/c1-11(2,13)14(10(12)15)8-9-6-4-3-5-7-9/h3-7H,8H2,1-2H3. The van der Waals surface area contributed by atoms with E-state index in [0.717, 1.165) is 5.56 Å². The molecule has 0 heterocycles. The van der Waals surface area contributed by atoms with Crippen molar-refractivity contribution < 1.29 is 4.79 Å². The van der Waals surface area contributed by atoms with Crippen molar-refractivity contribution in [3.63, 3.8) is 0 Å². The molecule has 0 fully saturated rings. The molecule has 1 aromatic carbocycles. The lowest BCUT2D eigenvalue weighted by Gasteiger charge is -2.32. The summed E-state index contributed by atoms with van der Waals surface area (Å²) in [5.41, 5.74) is 1.08. The SMILES string of the molecule is CC(C)(I)N(Cc1ccccc1)C(=O)Cl. The number of nitrogens with zero attached hydrogens (tertiary/aromatic N) is 1. The summed E-state index contributed by atoms with van der Waals surface area (Å²) in [7, 11) is 0. The Bertz CT molecular complexity index is 334. The summed E-state index contributed by atoms with van der Waals surface area (Å²) < 4.78 is -0.285. The zero-order valence-corrected chi connectivity index (χ0v) is 11.6. The number of halogens is 2. The molecule has 0 N–H and O–H groups in total. The molecule has 0 bridgehead atoms. The Balaban J connectivity index is 2.82. The second-order valence-corrected chi connectivity index (χ2v) is 6.70. The van der Waals surface area contributed by atoms with Crippen molar-refractivity contribution in [1.82, 2.24) is 4.90 Å². The van der Waals surface area contributed by atoms with Gasteiger partial charge in [-0.15, -0.1) is 0 Å². The van der Waals surface area contributed by atoms with Gasteiger partial charge < -0.3 is 4.90 Å². The van der Waals surface area contributed by atoms with Gasteiger partial charge in [0.1, 0.15) is 0 Å². The Morgan fingerprint density at radius 1 is 1.40 bits per heavy atom. The number of hydrogen-bond donors (Lipinski definition) is 0. The molecule has 0 spiro atoms. The third kappa shape index (κ3) is 3.99. The summed E-state index contributed by atoms with van der Waals surface area (Å²) >= 11 is 7.76. The number of carbonyl (C=O) groups excluding carboxylic acids is 1. The Morgan fingerprint density at radius 2 is 1.93 bits per heavy atom. The minimum absolute atomic E-state index is 0.285. The van der Waals surface area contributed by atoms with Crippen molar-refractivity contribution in [3.05, 3.63) is 35.9 Å². The number of amides is 1. The minimum atomic E-state index is -0.418. The van der Waals surface area contributed by atoms with Gasteiger partial charge in [-0.3, -0.25) is 4.79 Å². The van der Waals surface area contributed by atoms with Gasteiger partial charge in [0.2, 0.25) is 0 Å². The van der Waals surface area contributed by atoms with E-state index < -0.39 is 5.37 Å². The Kier molecular flexibility index (Phi) is 4.40. The number of benzene rings is 1. The third-order valence-electron chi connectivity index (χ3n) is 2.04. The van der Waals surface area contributed by atoms with Crippen LogP contribution in [0, 0.1) is 0 Å². The zero-order chi connectivity index (χ0) is 11.5. The summed E-state index contributed by atoms with van der Waals surface area (Å²) in [6.45, 7) is 4.45. The van der Waals surface area contributed by atoms with Crippen LogP contribution >= 0.6 is 34.2 Å². The third-order valence-corrected chi connectivity index (χ3v) is 2.82. The molecule has 0 aromatic heterocycles. The molecule has 0 aliphatic rings. The molecule has 0 radical (unpaired) electrons. The molecule has 15 heavy (non-hydrogen) atoms. The Morgan fingerprint density at radius 3 is 2.33 bits per heavy atom.